The van der Waals surface area contributed by atoms with E-state index in [1.54, 1.807) is 0 Å². The average Bonchev–Trinajstić information content (AvgIpc) is 2.31. The van der Waals surface area contributed by atoms with Crippen LogP contribution in [0.5, 0.6) is 0 Å². The molecule has 1 aliphatic rings. The van der Waals surface area contributed by atoms with Crippen LogP contribution in [0.2, 0.25) is 0 Å². The first kappa shape index (κ1) is 12.9. The molecule has 0 amide bonds. The lowest BCUT2D eigenvalue weighted by Gasteiger charge is -2.24. The Labute approximate surface area is 92.5 Å². The summed E-state index contributed by atoms with van der Waals surface area (Å²) in [6, 6.07) is 0.260. The van der Waals surface area contributed by atoms with Crippen molar-refractivity contribution in [3.8, 4) is 0 Å². The molecule has 1 aliphatic heterocycles. The maximum atomic E-state index is 5.67. The largest absolute Gasteiger partial charge is 0.380 e. The van der Waals surface area contributed by atoms with Gasteiger partial charge in [-0.05, 0) is 39.0 Å². The van der Waals surface area contributed by atoms with Crippen LogP contribution in [-0.4, -0.2) is 32.0 Å². The third-order valence-electron chi connectivity index (χ3n) is 2.87. The Bertz CT molecular complexity index is 150. The molecular weight excluding hydrogens is 192 g/mol. The number of hydrazine groups is 1. The molecule has 0 spiro atoms. The number of hydrogen-bond acceptors (Lipinski definition) is 4. The third-order valence-corrected chi connectivity index (χ3v) is 2.87. The molecule has 1 fully saturated rings. The van der Waals surface area contributed by atoms with Gasteiger partial charge in [0.2, 0.25) is 0 Å². The van der Waals surface area contributed by atoms with Crippen LogP contribution in [0.1, 0.15) is 39.0 Å². The number of rotatable bonds is 7. The summed E-state index contributed by atoms with van der Waals surface area (Å²) >= 11 is 0. The molecular formula is C11H24N2O2. The fraction of sp³-hybridized carbons (Fsp3) is 1.00. The Morgan fingerprint density at radius 2 is 2.40 bits per heavy atom. The topological polar surface area (TPSA) is 56.5 Å². The SMILES string of the molecule is CCOCC(CCC1CCCCO1)NN. The predicted octanol–water partition coefficient (Wildman–Crippen LogP) is 1.20. The highest BCUT2D eigenvalue weighted by Gasteiger charge is 2.16. The molecule has 0 radical (unpaired) electrons. The molecule has 0 aliphatic carbocycles. The molecule has 1 saturated heterocycles. The van der Waals surface area contributed by atoms with Gasteiger partial charge >= 0.3 is 0 Å². The van der Waals surface area contributed by atoms with Crippen LogP contribution in [0.3, 0.4) is 0 Å². The second-order valence-corrected chi connectivity index (χ2v) is 4.09. The van der Waals surface area contributed by atoms with Gasteiger partial charge in [0.25, 0.3) is 0 Å². The highest BCUT2D eigenvalue weighted by Crippen LogP contribution is 2.17. The van der Waals surface area contributed by atoms with Gasteiger partial charge in [-0.3, -0.25) is 11.3 Å². The molecule has 2 unspecified atom stereocenters. The van der Waals surface area contributed by atoms with Gasteiger partial charge in [0.05, 0.1) is 12.7 Å². The Morgan fingerprint density at radius 1 is 1.53 bits per heavy atom. The minimum Gasteiger partial charge on any atom is -0.380 e. The van der Waals surface area contributed by atoms with Gasteiger partial charge in [0.15, 0.2) is 0 Å². The van der Waals surface area contributed by atoms with Crippen LogP contribution >= 0.6 is 0 Å². The second kappa shape index (κ2) is 8.05. The quantitative estimate of drug-likeness (QED) is 0.496. The van der Waals surface area contributed by atoms with E-state index in [1.165, 1.54) is 19.3 Å². The van der Waals surface area contributed by atoms with Crippen molar-refractivity contribution in [2.24, 2.45) is 5.84 Å². The van der Waals surface area contributed by atoms with E-state index in [4.69, 9.17) is 15.3 Å². The first-order chi connectivity index (χ1) is 7.36. The van der Waals surface area contributed by atoms with Gasteiger partial charge in [-0.25, -0.2) is 0 Å². The number of hydrogen-bond donors (Lipinski definition) is 2. The first-order valence-electron chi connectivity index (χ1n) is 6.02. The van der Waals surface area contributed by atoms with Crippen LogP contribution in [0.15, 0.2) is 0 Å². The summed E-state index contributed by atoms with van der Waals surface area (Å²) in [6.07, 6.45) is 6.27. The summed E-state index contributed by atoms with van der Waals surface area (Å²) in [5.41, 5.74) is 2.80. The maximum Gasteiger partial charge on any atom is 0.0632 e. The van der Waals surface area contributed by atoms with Crippen LogP contribution < -0.4 is 11.3 Å². The summed E-state index contributed by atoms with van der Waals surface area (Å²) in [5, 5.41) is 0. The number of ether oxygens (including phenoxy) is 2. The van der Waals surface area contributed by atoms with Crippen LogP contribution in [0.4, 0.5) is 0 Å². The second-order valence-electron chi connectivity index (χ2n) is 4.09. The van der Waals surface area contributed by atoms with E-state index >= 15 is 0 Å². The lowest BCUT2D eigenvalue weighted by atomic mass is 10.0. The lowest BCUT2D eigenvalue weighted by Crippen LogP contribution is -2.39. The van der Waals surface area contributed by atoms with Crippen molar-refractivity contribution < 1.29 is 9.47 Å². The van der Waals surface area contributed by atoms with E-state index < -0.39 is 0 Å². The van der Waals surface area contributed by atoms with E-state index in [-0.39, 0.29) is 6.04 Å². The van der Waals surface area contributed by atoms with E-state index in [0.29, 0.717) is 12.7 Å². The summed E-state index contributed by atoms with van der Waals surface area (Å²) < 4.78 is 11.0. The van der Waals surface area contributed by atoms with Crippen LogP contribution in [0, 0.1) is 0 Å². The fourth-order valence-corrected chi connectivity index (χ4v) is 1.90. The van der Waals surface area contributed by atoms with Gasteiger partial charge in [-0.2, -0.15) is 0 Å². The smallest absolute Gasteiger partial charge is 0.0632 e. The molecule has 90 valence electrons. The van der Waals surface area contributed by atoms with E-state index in [0.717, 1.165) is 26.1 Å². The van der Waals surface area contributed by atoms with Crippen molar-refractivity contribution in [2.75, 3.05) is 19.8 Å². The van der Waals surface area contributed by atoms with Gasteiger partial charge < -0.3 is 9.47 Å². The summed E-state index contributed by atoms with van der Waals surface area (Å²) in [4.78, 5) is 0. The minimum absolute atomic E-state index is 0.260. The third kappa shape index (κ3) is 5.47. The van der Waals surface area contributed by atoms with E-state index in [9.17, 15) is 0 Å². The number of nitrogens with two attached hydrogens (primary N) is 1. The summed E-state index contributed by atoms with van der Waals surface area (Å²) in [6.45, 7) is 4.37. The minimum atomic E-state index is 0.260. The lowest BCUT2D eigenvalue weighted by molar-refractivity contribution is 0.00626. The highest BCUT2D eigenvalue weighted by molar-refractivity contribution is 4.69. The van der Waals surface area contributed by atoms with Crippen LogP contribution in [-0.2, 0) is 9.47 Å². The highest BCUT2D eigenvalue weighted by atomic mass is 16.5. The first-order valence-corrected chi connectivity index (χ1v) is 6.02. The Hall–Kier alpha value is -0.160. The van der Waals surface area contributed by atoms with Crippen molar-refractivity contribution in [2.45, 2.75) is 51.2 Å². The molecule has 3 N–H and O–H groups in total. The van der Waals surface area contributed by atoms with Gasteiger partial charge in [0, 0.05) is 19.3 Å². The predicted molar refractivity (Wildman–Crippen MR) is 60.4 cm³/mol. The van der Waals surface area contributed by atoms with E-state index in [2.05, 4.69) is 5.43 Å². The molecule has 0 aromatic rings. The molecule has 0 bridgehead atoms. The zero-order valence-corrected chi connectivity index (χ0v) is 9.71. The zero-order valence-electron chi connectivity index (χ0n) is 9.71. The maximum absolute atomic E-state index is 5.67. The van der Waals surface area contributed by atoms with Gasteiger partial charge in [-0.1, -0.05) is 0 Å². The molecule has 1 heterocycles. The monoisotopic (exact) mass is 216 g/mol. The van der Waals surface area contributed by atoms with Gasteiger partial charge in [0.1, 0.15) is 0 Å². The molecule has 15 heavy (non-hydrogen) atoms. The Morgan fingerprint density at radius 3 is 3.00 bits per heavy atom. The zero-order chi connectivity index (χ0) is 10.9. The van der Waals surface area contributed by atoms with Crippen molar-refractivity contribution in [1.29, 1.82) is 0 Å². The van der Waals surface area contributed by atoms with Crippen molar-refractivity contribution in [1.82, 2.24) is 5.43 Å². The summed E-state index contributed by atoms with van der Waals surface area (Å²) in [5.74, 6) is 5.46. The fourth-order valence-electron chi connectivity index (χ4n) is 1.90. The Kier molecular flexibility index (Phi) is 6.92. The molecule has 1 rings (SSSR count). The van der Waals surface area contributed by atoms with Crippen molar-refractivity contribution in [3.05, 3.63) is 0 Å². The molecule has 2 atom stereocenters. The normalized spacial score (nSPS) is 24.0. The van der Waals surface area contributed by atoms with Crippen LogP contribution in [0.25, 0.3) is 0 Å². The standard InChI is InChI=1S/C11H24N2O2/c1-2-14-9-10(13-12)6-7-11-5-3-4-8-15-11/h10-11,13H,2-9,12H2,1H3. The average molecular weight is 216 g/mol. The molecule has 0 saturated carbocycles. The molecule has 4 heteroatoms. The van der Waals surface area contributed by atoms with Crippen molar-refractivity contribution in [3.63, 3.8) is 0 Å². The van der Waals surface area contributed by atoms with Crippen molar-refractivity contribution >= 4 is 0 Å². The summed E-state index contributed by atoms with van der Waals surface area (Å²) in [7, 11) is 0. The molecule has 4 nitrogen and oxygen atoms in total. The van der Waals surface area contributed by atoms with E-state index in [1.807, 2.05) is 6.92 Å². The van der Waals surface area contributed by atoms with Gasteiger partial charge in [-0.15, -0.1) is 0 Å². The molecule has 0 aromatic carbocycles. The Balaban J connectivity index is 2.09. The number of nitrogens with one attached hydrogen (secondary N) is 1. The molecule has 0 aromatic heterocycles.